The lowest BCUT2D eigenvalue weighted by molar-refractivity contribution is -0.127. The van der Waals surface area contributed by atoms with Crippen LogP contribution in [0.2, 0.25) is 15.1 Å². The van der Waals surface area contributed by atoms with Crippen molar-refractivity contribution in [1.82, 2.24) is 4.90 Å². The molecule has 3 amide bonds. The van der Waals surface area contributed by atoms with Crippen LogP contribution in [-0.2, 0) is 16.2 Å². The summed E-state index contributed by atoms with van der Waals surface area (Å²) in [5.74, 6) is -1.77. The Kier molecular flexibility index (Phi) is 8.21. The molecule has 0 bridgehead atoms. The first-order valence-corrected chi connectivity index (χ1v) is 12.3. The third-order valence-electron chi connectivity index (χ3n) is 4.97. The van der Waals surface area contributed by atoms with Crippen LogP contribution in [0.1, 0.15) is 11.1 Å². The lowest BCUT2D eigenvalue weighted by Crippen LogP contribution is -2.36. The predicted molar refractivity (Wildman–Crippen MR) is 140 cm³/mol. The van der Waals surface area contributed by atoms with Crippen LogP contribution in [0, 0.1) is 5.82 Å². The monoisotopic (exact) mass is 564 g/mol. The minimum absolute atomic E-state index is 0.0499. The Morgan fingerprint density at radius 3 is 2.36 bits per heavy atom. The van der Waals surface area contributed by atoms with E-state index >= 15 is 0 Å². The van der Waals surface area contributed by atoms with Crippen LogP contribution < -0.4 is 10.1 Å². The summed E-state index contributed by atoms with van der Waals surface area (Å²) in [6.07, 6.45) is 1.44. The second-order valence-corrected chi connectivity index (χ2v) is 9.70. The van der Waals surface area contributed by atoms with E-state index in [-0.39, 0.29) is 33.0 Å². The maximum absolute atomic E-state index is 13.8. The predicted octanol–water partition coefficient (Wildman–Crippen LogP) is 7.04. The van der Waals surface area contributed by atoms with E-state index in [1.165, 1.54) is 36.4 Å². The fraction of sp³-hybridized carbons (Fsp3) is 0.0800. The highest BCUT2D eigenvalue weighted by molar-refractivity contribution is 8.18. The zero-order chi connectivity index (χ0) is 25.8. The third-order valence-corrected chi connectivity index (χ3v) is 6.81. The highest BCUT2D eigenvalue weighted by Gasteiger charge is 2.36. The van der Waals surface area contributed by atoms with E-state index in [0.29, 0.717) is 22.3 Å². The molecule has 1 aliphatic rings. The summed E-state index contributed by atoms with van der Waals surface area (Å²) < 4.78 is 19.5. The molecule has 1 aliphatic heterocycles. The summed E-state index contributed by atoms with van der Waals surface area (Å²) in [4.78, 5) is 38.3. The van der Waals surface area contributed by atoms with Gasteiger partial charge in [0.25, 0.3) is 11.1 Å². The number of hydrogen-bond acceptors (Lipinski definition) is 5. The van der Waals surface area contributed by atoms with Crippen LogP contribution in [0.15, 0.2) is 65.6 Å². The van der Waals surface area contributed by atoms with Crippen molar-refractivity contribution in [3.63, 3.8) is 0 Å². The van der Waals surface area contributed by atoms with Gasteiger partial charge in [0.2, 0.25) is 5.91 Å². The number of rotatable bonds is 7. The Bertz CT molecular complexity index is 1380. The Morgan fingerprint density at radius 2 is 1.67 bits per heavy atom. The maximum Gasteiger partial charge on any atom is 0.294 e. The molecule has 0 aliphatic carbocycles. The van der Waals surface area contributed by atoms with E-state index in [9.17, 15) is 18.8 Å². The van der Waals surface area contributed by atoms with Crippen molar-refractivity contribution in [2.75, 3.05) is 11.9 Å². The highest BCUT2D eigenvalue weighted by atomic mass is 35.5. The van der Waals surface area contributed by atoms with Gasteiger partial charge in [0.1, 0.15) is 19.0 Å². The Hall–Kier alpha value is -3.04. The minimum atomic E-state index is -0.713. The van der Waals surface area contributed by atoms with Crippen LogP contribution in [0.4, 0.5) is 14.9 Å². The van der Waals surface area contributed by atoms with Crippen molar-refractivity contribution in [2.45, 2.75) is 6.61 Å². The molecule has 1 heterocycles. The number of halogens is 4. The molecule has 1 N–H and O–H groups in total. The number of nitrogens with zero attached hydrogens (tertiary/aromatic N) is 1. The molecule has 6 nitrogen and oxygen atoms in total. The summed E-state index contributed by atoms with van der Waals surface area (Å²) in [6.45, 7) is -0.418. The van der Waals surface area contributed by atoms with Crippen molar-refractivity contribution in [1.29, 1.82) is 0 Å². The Balaban J connectivity index is 1.45. The Morgan fingerprint density at radius 1 is 1.00 bits per heavy atom. The average molecular weight is 566 g/mol. The normalized spacial score (nSPS) is 14.4. The van der Waals surface area contributed by atoms with Gasteiger partial charge in [-0.15, -0.1) is 0 Å². The molecule has 184 valence electrons. The molecular weight excluding hydrogens is 550 g/mol. The first kappa shape index (κ1) is 26.0. The smallest absolute Gasteiger partial charge is 0.294 e. The second-order valence-electron chi connectivity index (χ2n) is 7.49. The lowest BCUT2D eigenvalue weighted by atomic mass is 10.2. The maximum atomic E-state index is 13.8. The first-order valence-electron chi connectivity index (χ1n) is 10.4. The van der Waals surface area contributed by atoms with Crippen LogP contribution >= 0.6 is 46.6 Å². The minimum Gasteiger partial charge on any atom is -0.486 e. The number of anilines is 1. The number of benzene rings is 3. The zero-order valence-electron chi connectivity index (χ0n) is 18.3. The topological polar surface area (TPSA) is 75.7 Å². The van der Waals surface area contributed by atoms with Gasteiger partial charge >= 0.3 is 0 Å². The summed E-state index contributed by atoms with van der Waals surface area (Å²) >= 11 is 19.5. The largest absolute Gasteiger partial charge is 0.486 e. The summed E-state index contributed by atoms with van der Waals surface area (Å²) in [6, 6.07) is 15.8. The molecule has 3 aromatic carbocycles. The number of thioether (sulfide) groups is 1. The van der Waals surface area contributed by atoms with Gasteiger partial charge in [-0.3, -0.25) is 19.3 Å². The molecule has 4 rings (SSSR count). The SMILES string of the molecule is O=C(CN1C(=O)S/C(=C\c2cc(Cl)c(OCc3ccccc3Cl)c(Cl)c2)C1=O)Nc1ccccc1F. The molecule has 0 spiro atoms. The number of ether oxygens (including phenoxy) is 1. The van der Waals surface area contributed by atoms with Crippen LogP contribution in [0.5, 0.6) is 5.75 Å². The van der Waals surface area contributed by atoms with Gasteiger partial charge < -0.3 is 10.1 Å². The third kappa shape index (κ3) is 6.02. The molecule has 1 fully saturated rings. The van der Waals surface area contributed by atoms with Gasteiger partial charge in [-0.25, -0.2) is 4.39 Å². The van der Waals surface area contributed by atoms with Crippen LogP contribution in [0.3, 0.4) is 0 Å². The number of para-hydroxylation sites is 1. The van der Waals surface area contributed by atoms with E-state index < -0.39 is 29.4 Å². The van der Waals surface area contributed by atoms with Crippen molar-refractivity contribution in [2.24, 2.45) is 0 Å². The van der Waals surface area contributed by atoms with Gasteiger partial charge in [0.15, 0.2) is 5.75 Å². The van der Waals surface area contributed by atoms with Crippen molar-refractivity contribution in [3.8, 4) is 5.75 Å². The number of hydrogen-bond donors (Lipinski definition) is 1. The Labute approximate surface area is 225 Å². The molecular formula is C25H16Cl3FN2O4S. The summed E-state index contributed by atoms with van der Waals surface area (Å²) in [5.41, 5.74) is 1.16. The molecule has 3 aromatic rings. The summed E-state index contributed by atoms with van der Waals surface area (Å²) in [7, 11) is 0. The quantitative estimate of drug-likeness (QED) is 0.311. The number of carbonyl (C=O) groups is 3. The molecule has 0 aromatic heterocycles. The fourth-order valence-corrected chi connectivity index (χ4v) is 4.89. The van der Waals surface area contributed by atoms with E-state index in [1.54, 1.807) is 18.2 Å². The van der Waals surface area contributed by atoms with Crippen LogP contribution in [-0.4, -0.2) is 28.5 Å². The van der Waals surface area contributed by atoms with Crippen molar-refractivity contribution < 1.29 is 23.5 Å². The molecule has 0 saturated carbocycles. The highest BCUT2D eigenvalue weighted by Crippen LogP contribution is 2.38. The van der Waals surface area contributed by atoms with Crippen LogP contribution in [0.25, 0.3) is 6.08 Å². The van der Waals surface area contributed by atoms with Gasteiger partial charge in [-0.1, -0.05) is 65.1 Å². The zero-order valence-corrected chi connectivity index (χ0v) is 21.3. The van der Waals surface area contributed by atoms with E-state index in [1.807, 2.05) is 12.1 Å². The number of imide groups is 1. The van der Waals surface area contributed by atoms with E-state index in [4.69, 9.17) is 39.5 Å². The van der Waals surface area contributed by atoms with Gasteiger partial charge in [0, 0.05) is 10.6 Å². The standard InChI is InChI=1S/C25H16Cl3FN2O4S/c26-16-6-2-1-5-15(16)13-35-23-17(27)9-14(10-18(23)28)11-21-24(33)31(25(34)36-21)12-22(32)30-20-8-4-3-7-19(20)29/h1-11H,12-13H2,(H,30,32)/b21-11-. The van der Waals surface area contributed by atoms with Crippen molar-refractivity contribution in [3.05, 3.63) is 97.6 Å². The first-order chi connectivity index (χ1) is 17.2. The van der Waals surface area contributed by atoms with E-state index in [2.05, 4.69) is 5.32 Å². The number of amides is 3. The fourth-order valence-electron chi connectivity index (χ4n) is 3.25. The van der Waals surface area contributed by atoms with Gasteiger partial charge in [0.05, 0.1) is 20.6 Å². The average Bonchev–Trinajstić information content (AvgIpc) is 3.08. The van der Waals surface area contributed by atoms with Gasteiger partial charge in [-0.2, -0.15) is 0 Å². The second kappa shape index (κ2) is 11.3. The number of nitrogens with one attached hydrogen (secondary N) is 1. The van der Waals surface area contributed by atoms with Gasteiger partial charge in [-0.05, 0) is 53.7 Å². The lowest BCUT2D eigenvalue weighted by Gasteiger charge is -2.13. The molecule has 11 heteroatoms. The molecule has 0 unspecified atom stereocenters. The van der Waals surface area contributed by atoms with E-state index in [0.717, 1.165) is 10.5 Å². The molecule has 0 atom stereocenters. The molecule has 1 saturated heterocycles. The number of carbonyl (C=O) groups excluding carboxylic acids is 3. The van der Waals surface area contributed by atoms with Crippen molar-refractivity contribution >= 4 is 75.4 Å². The summed E-state index contributed by atoms with van der Waals surface area (Å²) in [5, 5.41) is 2.65. The molecule has 36 heavy (non-hydrogen) atoms. The molecule has 0 radical (unpaired) electrons.